The van der Waals surface area contributed by atoms with Crippen LogP contribution in [-0.2, 0) is 0 Å². The highest BCUT2D eigenvalue weighted by atomic mass is 79.9. The molecule has 2 heterocycles. The molecule has 1 amide bonds. The molecule has 0 aliphatic rings. The number of carbonyl (C=O) groups is 1. The van der Waals surface area contributed by atoms with E-state index >= 15 is 0 Å². The number of amides is 1. The lowest BCUT2D eigenvalue weighted by atomic mass is 10.2. The van der Waals surface area contributed by atoms with E-state index in [1.54, 1.807) is 48.8 Å². The van der Waals surface area contributed by atoms with Crippen LogP contribution in [0.1, 0.15) is 10.4 Å². The Morgan fingerprint density at radius 1 is 1.06 bits per heavy atom. The number of benzene rings is 2. The van der Waals surface area contributed by atoms with Crippen LogP contribution in [0, 0.1) is 0 Å². The molecule has 4 rings (SSSR count). The summed E-state index contributed by atoms with van der Waals surface area (Å²) >= 11 is 8.68. The van der Waals surface area contributed by atoms with E-state index in [1.165, 1.54) is 14.2 Å². The third-order valence-electron chi connectivity index (χ3n) is 4.44. The molecule has 0 saturated heterocycles. The van der Waals surface area contributed by atoms with Crippen LogP contribution in [0.4, 0.5) is 5.69 Å². The molecule has 0 aliphatic heterocycles. The van der Waals surface area contributed by atoms with Crippen LogP contribution in [0.3, 0.4) is 0 Å². The van der Waals surface area contributed by atoms with Gasteiger partial charge in [-0.2, -0.15) is 0 Å². The molecule has 10 heteroatoms. The molecule has 0 bridgehead atoms. The number of fused-ring (bicyclic) bond motifs is 1. The summed E-state index contributed by atoms with van der Waals surface area (Å²) in [4.78, 5) is 21.2. The number of rotatable bonds is 5. The van der Waals surface area contributed by atoms with Crippen molar-refractivity contribution in [3.05, 3.63) is 64.9 Å². The highest BCUT2D eigenvalue weighted by Gasteiger charge is 2.13. The van der Waals surface area contributed by atoms with Gasteiger partial charge in [-0.3, -0.25) is 15.1 Å². The number of hydrogen-bond donors (Lipinski definition) is 2. The van der Waals surface area contributed by atoms with Crippen molar-refractivity contribution in [2.45, 2.75) is 0 Å². The summed E-state index contributed by atoms with van der Waals surface area (Å²) in [7, 11) is 3.03. The topological polar surface area (TPSA) is 98.5 Å². The zero-order chi connectivity index (χ0) is 22.7. The summed E-state index contributed by atoms with van der Waals surface area (Å²) in [5.74, 6) is 1.06. The number of nitrogens with zero attached hydrogens (tertiary/aromatic N) is 2. The zero-order valence-electron chi connectivity index (χ0n) is 17.0. The lowest BCUT2D eigenvalue weighted by molar-refractivity contribution is 0.0977. The predicted octanol–water partition coefficient (Wildman–Crippen LogP) is 4.80. The highest BCUT2D eigenvalue weighted by Crippen LogP contribution is 2.27. The number of ether oxygens (including phenoxy) is 2. The molecule has 4 aromatic rings. The second kappa shape index (κ2) is 9.33. The smallest absolute Gasteiger partial charge is 0.257 e. The molecular weight excluding hydrogens is 496 g/mol. The van der Waals surface area contributed by atoms with Gasteiger partial charge in [0.25, 0.3) is 5.91 Å². The summed E-state index contributed by atoms with van der Waals surface area (Å²) in [6.45, 7) is 0. The first-order chi connectivity index (χ1) is 15.4. The monoisotopic (exact) mass is 512 g/mol. The van der Waals surface area contributed by atoms with Gasteiger partial charge >= 0.3 is 0 Å². The Hall–Kier alpha value is -3.50. The van der Waals surface area contributed by atoms with Gasteiger partial charge in [-0.15, -0.1) is 0 Å². The van der Waals surface area contributed by atoms with Crippen LogP contribution in [0.5, 0.6) is 11.5 Å². The summed E-state index contributed by atoms with van der Waals surface area (Å²) < 4.78 is 17.0. The van der Waals surface area contributed by atoms with Crippen molar-refractivity contribution in [1.82, 2.24) is 15.3 Å². The first kappa shape index (κ1) is 21.7. The molecular formula is C22H17BrN4O4S. The first-order valence-electron chi connectivity index (χ1n) is 9.32. The average molecular weight is 513 g/mol. The Morgan fingerprint density at radius 2 is 1.81 bits per heavy atom. The number of nitrogens with one attached hydrogen (secondary N) is 2. The van der Waals surface area contributed by atoms with Crippen molar-refractivity contribution >= 4 is 56.0 Å². The van der Waals surface area contributed by atoms with Crippen LogP contribution >= 0.6 is 28.1 Å². The number of carbonyl (C=O) groups excluding carboxylic acids is 1. The summed E-state index contributed by atoms with van der Waals surface area (Å²) in [5.41, 5.74) is 3.00. The van der Waals surface area contributed by atoms with Crippen LogP contribution < -0.4 is 20.1 Å². The van der Waals surface area contributed by atoms with Gasteiger partial charge < -0.3 is 19.2 Å². The lowest BCUT2D eigenvalue weighted by Gasteiger charge is -2.11. The quantitative estimate of drug-likeness (QED) is 0.368. The van der Waals surface area contributed by atoms with E-state index in [4.69, 9.17) is 26.1 Å². The number of aromatic nitrogens is 2. The first-order valence-corrected chi connectivity index (χ1v) is 10.5. The van der Waals surface area contributed by atoms with E-state index in [0.29, 0.717) is 39.7 Å². The van der Waals surface area contributed by atoms with Crippen LogP contribution in [0.2, 0.25) is 0 Å². The SMILES string of the molecule is COc1cc(OC)cc(C(=O)NC(=S)Nc2ccc3oc(-c4cncc(Br)c4)nc3c2)c1. The van der Waals surface area contributed by atoms with Gasteiger partial charge in [-0.1, -0.05) is 0 Å². The second-order valence-corrected chi connectivity index (χ2v) is 7.93. The van der Waals surface area contributed by atoms with Gasteiger partial charge in [-0.05, 0) is 64.5 Å². The van der Waals surface area contributed by atoms with Crippen LogP contribution in [0.15, 0.2) is 63.7 Å². The minimum absolute atomic E-state index is 0.135. The van der Waals surface area contributed by atoms with E-state index in [9.17, 15) is 4.79 Å². The van der Waals surface area contributed by atoms with Gasteiger partial charge in [0.2, 0.25) is 5.89 Å². The van der Waals surface area contributed by atoms with Crippen molar-refractivity contribution in [2.75, 3.05) is 19.5 Å². The highest BCUT2D eigenvalue weighted by molar-refractivity contribution is 9.10. The number of thiocarbonyl (C=S) groups is 1. The van der Waals surface area contributed by atoms with Crippen molar-refractivity contribution < 1.29 is 18.7 Å². The van der Waals surface area contributed by atoms with E-state index in [-0.39, 0.29) is 5.11 Å². The van der Waals surface area contributed by atoms with E-state index in [2.05, 4.69) is 36.5 Å². The van der Waals surface area contributed by atoms with Crippen molar-refractivity contribution in [3.8, 4) is 23.0 Å². The maximum Gasteiger partial charge on any atom is 0.257 e. The Bertz CT molecular complexity index is 1300. The number of methoxy groups -OCH3 is 2. The van der Waals surface area contributed by atoms with E-state index in [0.717, 1.165) is 10.0 Å². The number of anilines is 1. The van der Waals surface area contributed by atoms with Gasteiger partial charge in [0.05, 0.1) is 19.8 Å². The Morgan fingerprint density at radius 3 is 2.50 bits per heavy atom. The van der Waals surface area contributed by atoms with Crippen LogP contribution in [0.25, 0.3) is 22.6 Å². The molecule has 0 fully saturated rings. The fourth-order valence-electron chi connectivity index (χ4n) is 2.93. The molecule has 0 radical (unpaired) electrons. The summed E-state index contributed by atoms with van der Waals surface area (Å²) in [6, 6.07) is 12.1. The zero-order valence-corrected chi connectivity index (χ0v) is 19.4. The average Bonchev–Trinajstić information content (AvgIpc) is 3.22. The number of pyridine rings is 1. The molecule has 2 aromatic carbocycles. The van der Waals surface area contributed by atoms with Crippen molar-refractivity contribution in [1.29, 1.82) is 0 Å². The minimum atomic E-state index is -0.397. The molecule has 2 N–H and O–H groups in total. The molecule has 0 saturated carbocycles. The fourth-order valence-corrected chi connectivity index (χ4v) is 3.51. The molecule has 32 heavy (non-hydrogen) atoms. The van der Waals surface area contributed by atoms with Gasteiger partial charge in [-0.25, -0.2) is 4.98 Å². The molecule has 2 aromatic heterocycles. The Labute approximate surface area is 197 Å². The third-order valence-corrected chi connectivity index (χ3v) is 5.08. The lowest BCUT2D eigenvalue weighted by Crippen LogP contribution is -2.34. The van der Waals surface area contributed by atoms with E-state index in [1.807, 2.05) is 6.07 Å². The summed E-state index contributed by atoms with van der Waals surface area (Å²) in [5, 5.41) is 5.77. The molecule has 0 aliphatic carbocycles. The van der Waals surface area contributed by atoms with Crippen molar-refractivity contribution in [3.63, 3.8) is 0 Å². The van der Waals surface area contributed by atoms with Crippen molar-refractivity contribution in [2.24, 2.45) is 0 Å². The number of oxazole rings is 1. The standard InChI is InChI=1S/C22H17BrN4O4S/c1-29-16-6-12(7-17(9-16)30-2)20(28)27-22(32)25-15-3-4-19-18(8-15)26-21(31-19)13-5-14(23)11-24-10-13/h3-11H,1-2H3,(H2,25,27,28,32). The third kappa shape index (κ3) is 4.87. The van der Waals surface area contributed by atoms with Gasteiger partial charge in [0.1, 0.15) is 17.0 Å². The molecule has 0 atom stereocenters. The van der Waals surface area contributed by atoms with Crippen LogP contribution in [-0.4, -0.2) is 35.2 Å². The fraction of sp³-hybridized carbons (Fsp3) is 0.0909. The summed E-state index contributed by atoms with van der Waals surface area (Å²) in [6.07, 6.45) is 3.36. The van der Waals surface area contributed by atoms with E-state index < -0.39 is 5.91 Å². The predicted molar refractivity (Wildman–Crippen MR) is 128 cm³/mol. The number of halogens is 1. The maximum absolute atomic E-state index is 12.6. The van der Waals surface area contributed by atoms with Gasteiger partial charge in [0.15, 0.2) is 10.7 Å². The molecule has 0 unspecified atom stereocenters. The largest absolute Gasteiger partial charge is 0.497 e. The molecule has 162 valence electrons. The normalized spacial score (nSPS) is 10.6. The Kier molecular flexibility index (Phi) is 6.33. The molecule has 0 spiro atoms. The maximum atomic E-state index is 12.6. The number of hydrogen-bond acceptors (Lipinski definition) is 7. The molecule has 8 nitrogen and oxygen atoms in total. The van der Waals surface area contributed by atoms with Gasteiger partial charge in [0, 0.05) is 34.2 Å². The minimum Gasteiger partial charge on any atom is -0.497 e. The Balaban J connectivity index is 1.48. The second-order valence-electron chi connectivity index (χ2n) is 6.60.